The van der Waals surface area contributed by atoms with Gasteiger partial charge in [-0.15, -0.1) is 0 Å². The van der Waals surface area contributed by atoms with Gasteiger partial charge in [-0.3, -0.25) is 4.68 Å². The number of hydrogen-bond acceptors (Lipinski definition) is 2. The van der Waals surface area contributed by atoms with E-state index in [0.717, 1.165) is 12.5 Å². The van der Waals surface area contributed by atoms with Crippen molar-refractivity contribution in [2.24, 2.45) is 13.0 Å². The zero-order chi connectivity index (χ0) is 13.0. The van der Waals surface area contributed by atoms with Crippen LogP contribution < -0.4 is 5.32 Å². The van der Waals surface area contributed by atoms with Gasteiger partial charge in [-0.05, 0) is 39.2 Å². The van der Waals surface area contributed by atoms with Crippen LogP contribution in [0.3, 0.4) is 0 Å². The Morgan fingerprint density at radius 3 is 2.29 bits per heavy atom. The molecule has 0 fully saturated rings. The molecule has 1 aromatic heterocycles. The maximum absolute atomic E-state index is 4.52. The highest BCUT2D eigenvalue weighted by Crippen LogP contribution is 2.26. The third-order valence-electron chi connectivity index (χ3n) is 3.40. The van der Waals surface area contributed by atoms with Crippen LogP contribution in [0.15, 0.2) is 0 Å². The fourth-order valence-corrected chi connectivity index (χ4v) is 2.39. The highest BCUT2D eigenvalue weighted by Gasteiger charge is 2.19. The predicted molar refractivity (Wildman–Crippen MR) is 73.2 cm³/mol. The molecule has 0 radical (unpaired) electrons. The van der Waals surface area contributed by atoms with Gasteiger partial charge in [0.2, 0.25) is 0 Å². The largest absolute Gasteiger partial charge is 0.310 e. The first-order chi connectivity index (χ1) is 7.97. The quantitative estimate of drug-likeness (QED) is 0.824. The van der Waals surface area contributed by atoms with Crippen LogP contribution in [0.5, 0.6) is 0 Å². The SMILES string of the molecule is CCNC(CCC(C)C)c1c(C)nn(C)c1C. The molecule has 1 aromatic rings. The lowest BCUT2D eigenvalue weighted by molar-refractivity contribution is 0.446. The lowest BCUT2D eigenvalue weighted by Crippen LogP contribution is -2.22. The zero-order valence-electron chi connectivity index (χ0n) is 12.2. The summed E-state index contributed by atoms with van der Waals surface area (Å²) in [7, 11) is 2.03. The van der Waals surface area contributed by atoms with Gasteiger partial charge in [-0.2, -0.15) is 5.10 Å². The second-order valence-electron chi connectivity index (χ2n) is 5.29. The maximum Gasteiger partial charge on any atom is 0.0644 e. The Morgan fingerprint density at radius 1 is 1.24 bits per heavy atom. The highest BCUT2D eigenvalue weighted by atomic mass is 15.3. The average molecular weight is 237 g/mol. The second-order valence-corrected chi connectivity index (χ2v) is 5.29. The van der Waals surface area contributed by atoms with Crippen LogP contribution in [0.2, 0.25) is 0 Å². The number of aryl methyl sites for hydroxylation is 2. The molecule has 1 heterocycles. The van der Waals surface area contributed by atoms with Gasteiger partial charge in [-0.25, -0.2) is 0 Å². The first kappa shape index (κ1) is 14.2. The minimum absolute atomic E-state index is 0.455. The van der Waals surface area contributed by atoms with E-state index in [-0.39, 0.29) is 0 Å². The first-order valence-electron chi connectivity index (χ1n) is 6.70. The van der Waals surface area contributed by atoms with Crippen molar-refractivity contribution in [3.8, 4) is 0 Å². The molecule has 3 heteroatoms. The number of nitrogens with zero attached hydrogens (tertiary/aromatic N) is 2. The van der Waals surface area contributed by atoms with E-state index >= 15 is 0 Å². The molecule has 0 spiro atoms. The van der Waals surface area contributed by atoms with Crippen LogP contribution in [-0.2, 0) is 7.05 Å². The molecule has 0 bridgehead atoms. The Labute approximate surface area is 106 Å². The van der Waals surface area contributed by atoms with Crippen LogP contribution in [0, 0.1) is 19.8 Å². The van der Waals surface area contributed by atoms with Crippen LogP contribution >= 0.6 is 0 Å². The molecule has 1 unspecified atom stereocenters. The van der Waals surface area contributed by atoms with E-state index in [1.165, 1.54) is 29.8 Å². The van der Waals surface area contributed by atoms with Crippen molar-refractivity contribution in [2.75, 3.05) is 6.54 Å². The average Bonchev–Trinajstić information content (AvgIpc) is 2.49. The normalized spacial score (nSPS) is 13.4. The monoisotopic (exact) mass is 237 g/mol. The number of hydrogen-bond donors (Lipinski definition) is 1. The predicted octanol–water partition coefficient (Wildman–Crippen LogP) is 3.12. The molecule has 1 rings (SSSR count). The first-order valence-corrected chi connectivity index (χ1v) is 6.70. The summed E-state index contributed by atoms with van der Waals surface area (Å²) in [5.41, 5.74) is 3.85. The van der Waals surface area contributed by atoms with Gasteiger partial charge in [0, 0.05) is 24.3 Å². The van der Waals surface area contributed by atoms with Gasteiger partial charge in [0.05, 0.1) is 5.69 Å². The van der Waals surface area contributed by atoms with E-state index in [4.69, 9.17) is 0 Å². The maximum atomic E-state index is 4.52. The number of nitrogens with one attached hydrogen (secondary N) is 1. The third kappa shape index (κ3) is 3.56. The second kappa shape index (κ2) is 6.20. The summed E-state index contributed by atoms with van der Waals surface area (Å²) in [6, 6.07) is 0.455. The number of aromatic nitrogens is 2. The minimum atomic E-state index is 0.455. The topological polar surface area (TPSA) is 29.9 Å². The molecule has 3 nitrogen and oxygen atoms in total. The Kier molecular flexibility index (Phi) is 5.19. The zero-order valence-corrected chi connectivity index (χ0v) is 12.2. The molecule has 98 valence electrons. The lowest BCUT2D eigenvalue weighted by Gasteiger charge is -2.19. The van der Waals surface area contributed by atoms with E-state index in [1.54, 1.807) is 0 Å². The van der Waals surface area contributed by atoms with Crippen LogP contribution in [-0.4, -0.2) is 16.3 Å². The Hall–Kier alpha value is -0.830. The van der Waals surface area contributed by atoms with Gasteiger partial charge in [0.1, 0.15) is 0 Å². The van der Waals surface area contributed by atoms with Crippen molar-refractivity contribution < 1.29 is 0 Å². The van der Waals surface area contributed by atoms with E-state index in [0.29, 0.717) is 6.04 Å². The van der Waals surface area contributed by atoms with Crippen molar-refractivity contribution in [3.63, 3.8) is 0 Å². The van der Waals surface area contributed by atoms with Crippen LogP contribution in [0.25, 0.3) is 0 Å². The minimum Gasteiger partial charge on any atom is -0.310 e. The van der Waals surface area contributed by atoms with E-state index in [9.17, 15) is 0 Å². The van der Waals surface area contributed by atoms with Crippen molar-refractivity contribution in [2.45, 2.75) is 53.5 Å². The van der Waals surface area contributed by atoms with Crippen LogP contribution in [0.4, 0.5) is 0 Å². The Morgan fingerprint density at radius 2 is 1.88 bits per heavy atom. The van der Waals surface area contributed by atoms with Crippen molar-refractivity contribution in [3.05, 3.63) is 17.0 Å². The summed E-state index contributed by atoms with van der Waals surface area (Å²) in [5, 5.41) is 8.11. The summed E-state index contributed by atoms with van der Waals surface area (Å²) in [5.74, 6) is 0.758. The lowest BCUT2D eigenvalue weighted by atomic mass is 9.96. The molecule has 1 N–H and O–H groups in total. The molecular weight excluding hydrogens is 210 g/mol. The van der Waals surface area contributed by atoms with Gasteiger partial charge in [-0.1, -0.05) is 20.8 Å². The fourth-order valence-electron chi connectivity index (χ4n) is 2.39. The fraction of sp³-hybridized carbons (Fsp3) is 0.786. The van der Waals surface area contributed by atoms with E-state index in [2.05, 4.69) is 45.0 Å². The molecule has 0 aliphatic carbocycles. The molecule has 17 heavy (non-hydrogen) atoms. The molecule has 0 aliphatic heterocycles. The third-order valence-corrected chi connectivity index (χ3v) is 3.40. The summed E-state index contributed by atoms with van der Waals surface area (Å²) >= 11 is 0. The number of rotatable bonds is 6. The molecule has 1 atom stereocenters. The highest BCUT2D eigenvalue weighted by molar-refractivity contribution is 5.28. The van der Waals surface area contributed by atoms with Gasteiger partial charge in [0.15, 0.2) is 0 Å². The van der Waals surface area contributed by atoms with Crippen molar-refractivity contribution in [1.82, 2.24) is 15.1 Å². The van der Waals surface area contributed by atoms with Crippen LogP contribution in [0.1, 0.15) is 56.6 Å². The molecular formula is C14H27N3. The summed E-state index contributed by atoms with van der Waals surface area (Å²) in [6.45, 7) is 12.0. The molecule has 0 saturated carbocycles. The Bertz CT molecular complexity index is 353. The van der Waals surface area contributed by atoms with Gasteiger partial charge >= 0.3 is 0 Å². The summed E-state index contributed by atoms with van der Waals surface area (Å²) in [4.78, 5) is 0. The molecule has 0 aromatic carbocycles. The molecule has 0 amide bonds. The summed E-state index contributed by atoms with van der Waals surface area (Å²) in [6.07, 6.45) is 2.45. The standard InChI is InChI=1S/C14H27N3/c1-7-15-13(9-8-10(2)3)14-11(4)16-17(6)12(14)5/h10,13,15H,7-9H2,1-6H3. The van der Waals surface area contributed by atoms with Gasteiger partial charge < -0.3 is 5.32 Å². The van der Waals surface area contributed by atoms with Gasteiger partial charge in [0.25, 0.3) is 0 Å². The molecule has 0 aliphatic rings. The Balaban J connectivity index is 2.88. The van der Waals surface area contributed by atoms with E-state index in [1.807, 2.05) is 11.7 Å². The van der Waals surface area contributed by atoms with Crippen molar-refractivity contribution in [1.29, 1.82) is 0 Å². The smallest absolute Gasteiger partial charge is 0.0644 e. The summed E-state index contributed by atoms with van der Waals surface area (Å²) < 4.78 is 1.99. The van der Waals surface area contributed by atoms with Crippen molar-refractivity contribution >= 4 is 0 Å². The molecule has 0 saturated heterocycles. The van der Waals surface area contributed by atoms with E-state index < -0.39 is 0 Å².